The van der Waals surface area contributed by atoms with Crippen LogP contribution < -0.4 is 0 Å². The molecule has 0 bridgehead atoms. The van der Waals surface area contributed by atoms with Gasteiger partial charge in [-0.2, -0.15) is 0 Å². The number of hydrogen-bond acceptors (Lipinski definition) is 2. The van der Waals surface area contributed by atoms with Crippen LogP contribution in [0.3, 0.4) is 0 Å². The zero-order valence-electron chi connectivity index (χ0n) is 8.36. The third-order valence-electron chi connectivity index (χ3n) is 2.77. The molecular weight excluding hydrogens is 212 g/mol. The van der Waals surface area contributed by atoms with Crippen molar-refractivity contribution >= 4 is 17.9 Å². The predicted molar refractivity (Wildman–Crippen MR) is 58.9 cm³/mol. The van der Waals surface area contributed by atoms with Crippen molar-refractivity contribution in [3.63, 3.8) is 0 Å². The van der Waals surface area contributed by atoms with E-state index in [2.05, 4.69) is 0 Å². The van der Waals surface area contributed by atoms with Gasteiger partial charge in [0.1, 0.15) is 6.29 Å². The van der Waals surface area contributed by atoms with Crippen molar-refractivity contribution in [1.29, 1.82) is 0 Å². The Labute approximate surface area is 94.2 Å². The van der Waals surface area contributed by atoms with E-state index in [9.17, 15) is 4.79 Å². The first kappa shape index (κ1) is 10.7. The Kier molecular flexibility index (Phi) is 3.39. The van der Waals surface area contributed by atoms with Gasteiger partial charge < -0.3 is 9.53 Å². The third kappa shape index (κ3) is 2.39. The van der Waals surface area contributed by atoms with Gasteiger partial charge in [0.05, 0.1) is 6.10 Å². The van der Waals surface area contributed by atoms with Crippen LogP contribution in [0.1, 0.15) is 24.5 Å². The van der Waals surface area contributed by atoms with Gasteiger partial charge in [0.2, 0.25) is 0 Å². The summed E-state index contributed by atoms with van der Waals surface area (Å²) in [7, 11) is 0. The lowest BCUT2D eigenvalue weighted by atomic mass is 9.93. The molecule has 2 nitrogen and oxygen atoms in total. The second-order valence-electron chi connectivity index (χ2n) is 3.80. The van der Waals surface area contributed by atoms with Gasteiger partial charge in [0.15, 0.2) is 0 Å². The summed E-state index contributed by atoms with van der Waals surface area (Å²) in [6.45, 7) is 0.638. The van der Waals surface area contributed by atoms with Crippen LogP contribution in [-0.4, -0.2) is 12.9 Å². The molecular formula is C12H13ClO2. The van der Waals surface area contributed by atoms with Crippen molar-refractivity contribution in [3.05, 3.63) is 34.9 Å². The van der Waals surface area contributed by atoms with Crippen LogP contribution in [0.25, 0.3) is 0 Å². The van der Waals surface area contributed by atoms with Gasteiger partial charge in [-0.1, -0.05) is 29.8 Å². The second-order valence-corrected chi connectivity index (χ2v) is 4.21. The molecule has 0 aromatic heterocycles. The quantitative estimate of drug-likeness (QED) is 0.722. The molecule has 1 heterocycles. The molecule has 1 aromatic carbocycles. The first-order chi connectivity index (χ1) is 7.31. The van der Waals surface area contributed by atoms with Gasteiger partial charge in [-0.3, -0.25) is 0 Å². The lowest BCUT2D eigenvalue weighted by Crippen LogP contribution is -2.20. The zero-order valence-corrected chi connectivity index (χ0v) is 9.11. The fraction of sp³-hybridized carbons (Fsp3) is 0.417. The molecule has 1 aliphatic rings. The minimum atomic E-state index is -0.0253. The summed E-state index contributed by atoms with van der Waals surface area (Å²) in [6.07, 6.45) is 2.56. The Bertz CT molecular complexity index is 351. The summed E-state index contributed by atoms with van der Waals surface area (Å²) in [5.74, 6) is 0.111. The Morgan fingerprint density at radius 2 is 2.20 bits per heavy atom. The molecule has 3 heteroatoms. The maximum absolute atomic E-state index is 10.7. The number of ether oxygens (including phenoxy) is 1. The summed E-state index contributed by atoms with van der Waals surface area (Å²) >= 11 is 6.08. The fourth-order valence-electron chi connectivity index (χ4n) is 1.90. The summed E-state index contributed by atoms with van der Waals surface area (Å²) < 4.78 is 5.63. The highest BCUT2D eigenvalue weighted by Gasteiger charge is 2.24. The van der Waals surface area contributed by atoms with E-state index < -0.39 is 0 Å². The first-order valence-corrected chi connectivity index (χ1v) is 5.50. The van der Waals surface area contributed by atoms with Crippen LogP contribution in [0.2, 0.25) is 5.02 Å². The normalized spacial score (nSPS) is 26.2. The smallest absolute Gasteiger partial charge is 0.123 e. The molecule has 0 spiro atoms. The van der Waals surface area contributed by atoms with Gasteiger partial charge in [0.25, 0.3) is 0 Å². The van der Waals surface area contributed by atoms with E-state index in [1.807, 2.05) is 24.3 Å². The van der Waals surface area contributed by atoms with E-state index in [1.165, 1.54) is 0 Å². The average Bonchev–Trinajstić information content (AvgIpc) is 2.30. The molecule has 1 saturated heterocycles. The SMILES string of the molecule is O=CC1CCOC(c2ccccc2Cl)C1. The highest BCUT2D eigenvalue weighted by molar-refractivity contribution is 6.31. The Morgan fingerprint density at radius 1 is 1.40 bits per heavy atom. The number of benzene rings is 1. The molecule has 1 aliphatic heterocycles. The minimum Gasteiger partial charge on any atom is -0.373 e. The number of carbonyl (C=O) groups excluding carboxylic acids is 1. The molecule has 0 amide bonds. The maximum atomic E-state index is 10.7. The molecule has 1 aromatic rings. The van der Waals surface area contributed by atoms with Crippen molar-refractivity contribution in [2.75, 3.05) is 6.61 Å². The minimum absolute atomic E-state index is 0.0253. The highest BCUT2D eigenvalue weighted by Crippen LogP contribution is 2.34. The summed E-state index contributed by atoms with van der Waals surface area (Å²) in [5, 5.41) is 0.717. The standard InChI is InChI=1S/C12H13ClO2/c13-11-4-2-1-3-10(11)12-7-9(8-14)5-6-15-12/h1-4,8-9,12H,5-7H2. The largest absolute Gasteiger partial charge is 0.373 e. The first-order valence-electron chi connectivity index (χ1n) is 5.12. The van der Waals surface area contributed by atoms with Gasteiger partial charge >= 0.3 is 0 Å². The topological polar surface area (TPSA) is 26.3 Å². The van der Waals surface area contributed by atoms with Crippen molar-refractivity contribution in [1.82, 2.24) is 0 Å². The van der Waals surface area contributed by atoms with E-state index in [0.29, 0.717) is 11.6 Å². The van der Waals surface area contributed by atoms with E-state index in [1.54, 1.807) is 0 Å². The van der Waals surface area contributed by atoms with E-state index in [0.717, 1.165) is 24.7 Å². The molecule has 2 atom stereocenters. The van der Waals surface area contributed by atoms with Gasteiger partial charge in [-0.05, 0) is 24.5 Å². The number of hydrogen-bond donors (Lipinski definition) is 0. The van der Waals surface area contributed by atoms with Crippen LogP contribution in [0.5, 0.6) is 0 Å². The predicted octanol–water partition coefficient (Wildman–Crippen LogP) is 3.01. The van der Waals surface area contributed by atoms with E-state index >= 15 is 0 Å². The van der Waals surface area contributed by atoms with Gasteiger partial charge in [0, 0.05) is 17.5 Å². The lowest BCUT2D eigenvalue weighted by molar-refractivity contribution is -0.115. The molecule has 0 N–H and O–H groups in total. The van der Waals surface area contributed by atoms with Crippen LogP contribution in [-0.2, 0) is 9.53 Å². The van der Waals surface area contributed by atoms with Crippen molar-refractivity contribution < 1.29 is 9.53 Å². The van der Waals surface area contributed by atoms with Crippen molar-refractivity contribution in [2.45, 2.75) is 18.9 Å². The highest BCUT2D eigenvalue weighted by atomic mass is 35.5. The molecule has 0 aliphatic carbocycles. The summed E-state index contributed by atoms with van der Waals surface area (Å²) in [4.78, 5) is 10.7. The molecule has 80 valence electrons. The van der Waals surface area contributed by atoms with E-state index in [-0.39, 0.29) is 12.0 Å². The average molecular weight is 225 g/mol. The van der Waals surface area contributed by atoms with E-state index in [4.69, 9.17) is 16.3 Å². The lowest BCUT2D eigenvalue weighted by Gasteiger charge is -2.27. The van der Waals surface area contributed by atoms with Crippen LogP contribution in [0, 0.1) is 5.92 Å². The molecule has 15 heavy (non-hydrogen) atoms. The Morgan fingerprint density at radius 3 is 2.93 bits per heavy atom. The molecule has 2 unspecified atom stereocenters. The summed E-state index contributed by atoms with van der Waals surface area (Å²) in [5.41, 5.74) is 0.991. The van der Waals surface area contributed by atoms with Crippen LogP contribution in [0.4, 0.5) is 0 Å². The zero-order chi connectivity index (χ0) is 10.7. The van der Waals surface area contributed by atoms with Gasteiger partial charge in [-0.15, -0.1) is 0 Å². The van der Waals surface area contributed by atoms with Crippen LogP contribution >= 0.6 is 11.6 Å². The number of carbonyl (C=O) groups is 1. The number of aldehydes is 1. The molecule has 2 rings (SSSR count). The molecule has 0 radical (unpaired) electrons. The molecule has 0 saturated carbocycles. The summed E-state index contributed by atoms with van der Waals surface area (Å²) in [6, 6.07) is 7.64. The third-order valence-corrected chi connectivity index (χ3v) is 3.11. The van der Waals surface area contributed by atoms with Crippen LogP contribution in [0.15, 0.2) is 24.3 Å². The number of halogens is 1. The maximum Gasteiger partial charge on any atom is 0.123 e. The number of rotatable bonds is 2. The van der Waals surface area contributed by atoms with Crippen molar-refractivity contribution in [3.8, 4) is 0 Å². The second kappa shape index (κ2) is 4.77. The van der Waals surface area contributed by atoms with Gasteiger partial charge in [-0.25, -0.2) is 0 Å². The Hall–Kier alpha value is -0.860. The van der Waals surface area contributed by atoms with Crippen molar-refractivity contribution in [2.24, 2.45) is 5.92 Å². The Balaban J connectivity index is 2.16. The monoisotopic (exact) mass is 224 g/mol. The fourth-order valence-corrected chi connectivity index (χ4v) is 2.16. The molecule has 1 fully saturated rings.